The topological polar surface area (TPSA) is 86.2 Å². The molecule has 0 aliphatic carbocycles. The number of rotatable bonds is 7. The van der Waals surface area contributed by atoms with E-state index in [9.17, 15) is 5.11 Å². The standard InChI is InChI=1S/C14H26N6O/c1-4-14(5-2,10-21)19-12-16-11(15-3)17-13(18-12)20-8-6-7-9-20/h21H,4-10H2,1-3H3,(H2,15,16,17,18,19). The van der Waals surface area contributed by atoms with Crippen LogP contribution in [0.1, 0.15) is 39.5 Å². The van der Waals surface area contributed by atoms with Crippen molar-refractivity contribution in [2.75, 3.05) is 42.3 Å². The Hall–Kier alpha value is -1.63. The average Bonchev–Trinajstić information content (AvgIpc) is 3.07. The van der Waals surface area contributed by atoms with Crippen LogP contribution in [-0.4, -0.2) is 52.3 Å². The van der Waals surface area contributed by atoms with Gasteiger partial charge in [-0.15, -0.1) is 0 Å². The molecule has 0 bridgehead atoms. The van der Waals surface area contributed by atoms with Crippen LogP contribution < -0.4 is 15.5 Å². The largest absolute Gasteiger partial charge is 0.394 e. The number of aliphatic hydroxyl groups excluding tert-OH is 1. The number of aliphatic hydroxyl groups is 1. The molecule has 2 rings (SSSR count). The van der Waals surface area contributed by atoms with Gasteiger partial charge in [-0.2, -0.15) is 15.0 Å². The van der Waals surface area contributed by atoms with Crippen molar-refractivity contribution in [2.45, 2.75) is 45.1 Å². The first-order chi connectivity index (χ1) is 10.2. The second-order valence-electron chi connectivity index (χ2n) is 5.50. The van der Waals surface area contributed by atoms with Gasteiger partial charge >= 0.3 is 0 Å². The van der Waals surface area contributed by atoms with E-state index in [1.54, 1.807) is 7.05 Å². The molecule has 1 aromatic heterocycles. The van der Waals surface area contributed by atoms with Crippen LogP contribution in [0.3, 0.4) is 0 Å². The van der Waals surface area contributed by atoms with Crippen LogP contribution in [0.5, 0.6) is 0 Å². The number of nitrogens with one attached hydrogen (secondary N) is 2. The van der Waals surface area contributed by atoms with E-state index >= 15 is 0 Å². The molecule has 1 fully saturated rings. The van der Waals surface area contributed by atoms with Crippen molar-refractivity contribution in [3.63, 3.8) is 0 Å². The van der Waals surface area contributed by atoms with Crippen LogP contribution in [-0.2, 0) is 0 Å². The number of anilines is 3. The lowest BCUT2D eigenvalue weighted by Gasteiger charge is -2.31. The van der Waals surface area contributed by atoms with Crippen LogP contribution >= 0.6 is 0 Å². The monoisotopic (exact) mass is 294 g/mol. The maximum absolute atomic E-state index is 9.69. The molecule has 0 aromatic carbocycles. The molecule has 118 valence electrons. The molecule has 3 N–H and O–H groups in total. The van der Waals surface area contributed by atoms with E-state index in [0.717, 1.165) is 25.9 Å². The van der Waals surface area contributed by atoms with Crippen LogP contribution in [0.25, 0.3) is 0 Å². The van der Waals surface area contributed by atoms with E-state index in [0.29, 0.717) is 17.8 Å². The zero-order valence-electron chi connectivity index (χ0n) is 13.2. The molecule has 0 spiro atoms. The van der Waals surface area contributed by atoms with Gasteiger partial charge in [0.1, 0.15) is 0 Å². The highest BCUT2D eigenvalue weighted by atomic mass is 16.3. The Morgan fingerprint density at radius 2 is 1.71 bits per heavy atom. The molecule has 7 nitrogen and oxygen atoms in total. The zero-order chi connectivity index (χ0) is 15.3. The van der Waals surface area contributed by atoms with E-state index in [2.05, 4.69) is 30.5 Å². The molecular formula is C14H26N6O. The van der Waals surface area contributed by atoms with Crippen LogP contribution in [0.4, 0.5) is 17.8 Å². The second-order valence-corrected chi connectivity index (χ2v) is 5.50. The first kappa shape index (κ1) is 15.8. The molecule has 1 aliphatic rings. The van der Waals surface area contributed by atoms with Crippen molar-refractivity contribution in [2.24, 2.45) is 0 Å². The van der Waals surface area contributed by atoms with Gasteiger partial charge in [0.2, 0.25) is 17.8 Å². The van der Waals surface area contributed by atoms with Crippen LogP contribution in [0.15, 0.2) is 0 Å². The Labute approximate surface area is 126 Å². The molecule has 21 heavy (non-hydrogen) atoms. The molecule has 0 amide bonds. The Morgan fingerprint density at radius 3 is 2.24 bits per heavy atom. The van der Waals surface area contributed by atoms with E-state index in [1.165, 1.54) is 12.8 Å². The highest BCUT2D eigenvalue weighted by Crippen LogP contribution is 2.23. The molecule has 0 atom stereocenters. The van der Waals surface area contributed by atoms with Crippen molar-refractivity contribution < 1.29 is 5.11 Å². The number of aromatic nitrogens is 3. The average molecular weight is 294 g/mol. The van der Waals surface area contributed by atoms with Crippen LogP contribution in [0, 0.1) is 0 Å². The van der Waals surface area contributed by atoms with Gasteiger partial charge in [0.05, 0.1) is 12.1 Å². The molecule has 0 unspecified atom stereocenters. The minimum absolute atomic E-state index is 0.0552. The Balaban J connectivity index is 2.27. The summed E-state index contributed by atoms with van der Waals surface area (Å²) in [5.41, 5.74) is -0.380. The summed E-state index contributed by atoms with van der Waals surface area (Å²) < 4.78 is 0. The summed E-state index contributed by atoms with van der Waals surface area (Å²) in [4.78, 5) is 15.5. The third kappa shape index (κ3) is 3.53. The highest BCUT2D eigenvalue weighted by Gasteiger charge is 2.27. The fourth-order valence-electron chi connectivity index (χ4n) is 2.52. The van der Waals surface area contributed by atoms with Gasteiger partial charge in [0, 0.05) is 20.1 Å². The van der Waals surface area contributed by atoms with Gasteiger partial charge in [-0.05, 0) is 25.7 Å². The fraction of sp³-hybridized carbons (Fsp3) is 0.786. The van der Waals surface area contributed by atoms with Crippen molar-refractivity contribution in [1.82, 2.24) is 15.0 Å². The Kier molecular flexibility index (Phi) is 5.17. The lowest BCUT2D eigenvalue weighted by molar-refractivity contribution is 0.201. The highest BCUT2D eigenvalue weighted by molar-refractivity contribution is 5.45. The summed E-state index contributed by atoms with van der Waals surface area (Å²) >= 11 is 0. The molecule has 7 heteroatoms. The van der Waals surface area contributed by atoms with Gasteiger partial charge in [0.25, 0.3) is 0 Å². The molecule has 0 radical (unpaired) electrons. The molecule has 1 saturated heterocycles. The third-order valence-corrected chi connectivity index (χ3v) is 4.27. The molecule has 1 aromatic rings. The smallest absolute Gasteiger partial charge is 0.231 e. The Morgan fingerprint density at radius 1 is 1.10 bits per heavy atom. The van der Waals surface area contributed by atoms with Gasteiger partial charge in [-0.25, -0.2) is 0 Å². The molecular weight excluding hydrogens is 268 g/mol. The van der Waals surface area contributed by atoms with Crippen molar-refractivity contribution in [3.05, 3.63) is 0 Å². The van der Waals surface area contributed by atoms with Crippen molar-refractivity contribution in [1.29, 1.82) is 0 Å². The normalized spacial score (nSPS) is 15.3. The lowest BCUT2D eigenvalue weighted by atomic mass is 9.94. The van der Waals surface area contributed by atoms with E-state index in [4.69, 9.17) is 0 Å². The molecule has 2 heterocycles. The maximum atomic E-state index is 9.69. The van der Waals surface area contributed by atoms with Gasteiger partial charge in [-0.1, -0.05) is 13.8 Å². The summed E-state index contributed by atoms with van der Waals surface area (Å²) in [5.74, 6) is 1.77. The first-order valence-electron chi connectivity index (χ1n) is 7.74. The minimum atomic E-state index is -0.380. The summed E-state index contributed by atoms with van der Waals surface area (Å²) in [6.45, 7) is 6.13. The van der Waals surface area contributed by atoms with Crippen LogP contribution in [0.2, 0.25) is 0 Å². The number of hydrogen-bond donors (Lipinski definition) is 3. The Bertz CT molecular complexity index is 449. The fourth-order valence-corrected chi connectivity index (χ4v) is 2.52. The molecule has 0 saturated carbocycles. The van der Waals surface area contributed by atoms with Crippen molar-refractivity contribution >= 4 is 17.8 Å². The maximum Gasteiger partial charge on any atom is 0.231 e. The third-order valence-electron chi connectivity index (χ3n) is 4.27. The number of nitrogens with zero attached hydrogens (tertiary/aromatic N) is 4. The van der Waals surface area contributed by atoms with Gasteiger partial charge < -0.3 is 20.6 Å². The second kappa shape index (κ2) is 6.89. The summed E-state index contributed by atoms with van der Waals surface area (Å²) in [5, 5.41) is 16.0. The first-order valence-corrected chi connectivity index (χ1v) is 7.74. The summed E-state index contributed by atoms with van der Waals surface area (Å²) in [6, 6.07) is 0. The lowest BCUT2D eigenvalue weighted by Crippen LogP contribution is -2.41. The summed E-state index contributed by atoms with van der Waals surface area (Å²) in [7, 11) is 1.80. The van der Waals surface area contributed by atoms with E-state index in [1.807, 2.05) is 13.8 Å². The van der Waals surface area contributed by atoms with Gasteiger partial charge in [0.15, 0.2) is 0 Å². The summed E-state index contributed by atoms with van der Waals surface area (Å²) in [6.07, 6.45) is 3.96. The predicted octanol–water partition coefficient (Wildman–Crippen LogP) is 1.48. The predicted molar refractivity (Wildman–Crippen MR) is 84.8 cm³/mol. The van der Waals surface area contributed by atoms with E-state index in [-0.39, 0.29) is 12.1 Å². The minimum Gasteiger partial charge on any atom is -0.394 e. The number of hydrogen-bond acceptors (Lipinski definition) is 7. The van der Waals surface area contributed by atoms with Gasteiger partial charge in [-0.3, -0.25) is 0 Å². The van der Waals surface area contributed by atoms with Crippen molar-refractivity contribution in [3.8, 4) is 0 Å². The zero-order valence-corrected chi connectivity index (χ0v) is 13.2. The van der Waals surface area contributed by atoms with E-state index < -0.39 is 0 Å². The quantitative estimate of drug-likeness (QED) is 0.702. The molecule has 1 aliphatic heterocycles. The SMILES string of the molecule is CCC(CC)(CO)Nc1nc(NC)nc(N2CCCC2)n1.